The van der Waals surface area contributed by atoms with Gasteiger partial charge in [-0.1, -0.05) is 19.9 Å². The van der Waals surface area contributed by atoms with Crippen LogP contribution in [0.3, 0.4) is 0 Å². The van der Waals surface area contributed by atoms with Crippen LogP contribution in [0.25, 0.3) is 0 Å². The maximum Gasteiger partial charge on any atom is 0.120 e. The normalized spacial score (nSPS) is 13.7. The standard InChI is InChI=1S/C17H29NO/c1-12(2)16(11-18-17(5,6)7)19-15-9-8-13(3)14(4)10-15/h8-10,12,16,18H,11H2,1-7H3. The molecule has 108 valence electrons. The third kappa shape index (κ3) is 5.65. The van der Waals surface area contributed by atoms with Gasteiger partial charge in [-0.3, -0.25) is 0 Å². The molecular weight excluding hydrogens is 234 g/mol. The zero-order valence-corrected chi connectivity index (χ0v) is 13.5. The molecular formula is C17H29NO. The highest BCUT2D eigenvalue weighted by atomic mass is 16.5. The Morgan fingerprint density at radius 3 is 2.21 bits per heavy atom. The summed E-state index contributed by atoms with van der Waals surface area (Å²) in [6, 6.07) is 6.32. The van der Waals surface area contributed by atoms with Crippen molar-refractivity contribution in [3.8, 4) is 5.75 Å². The first kappa shape index (κ1) is 16.0. The quantitative estimate of drug-likeness (QED) is 0.863. The fourth-order valence-corrected chi connectivity index (χ4v) is 1.78. The van der Waals surface area contributed by atoms with Gasteiger partial charge in [0.1, 0.15) is 11.9 Å². The van der Waals surface area contributed by atoms with Crippen molar-refractivity contribution in [3.05, 3.63) is 29.3 Å². The van der Waals surface area contributed by atoms with Gasteiger partial charge < -0.3 is 10.1 Å². The van der Waals surface area contributed by atoms with Gasteiger partial charge in [0.05, 0.1) is 0 Å². The van der Waals surface area contributed by atoms with Crippen LogP contribution in [0.5, 0.6) is 5.75 Å². The second kappa shape index (κ2) is 6.42. The molecule has 1 rings (SSSR count). The van der Waals surface area contributed by atoms with E-state index in [0.29, 0.717) is 5.92 Å². The lowest BCUT2D eigenvalue weighted by Crippen LogP contribution is -2.44. The monoisotopic (exact) mass is 263 g/mol. The summed E-state index contributed by atoms with van der Waals surface area (Å²) in [5.74, 6) is 1.45. The second-order valence-electron chi connectivity index (χ2n) is 6.78. The number of hydrogen-bond acceptors (Lipinski definition) is 2. The van der Waals surface area contributed by atoms with Crippen LogP contribution >= 0.6 is 0 Å². The number of benzene rings is 1. The number of rotatable bonds is 5. The zero-order chi connectivity index (χ0) is 14.6. The van der Waals surface area contributed by atoms with Gasteiger partial charge in [0.25, 0.3) is 0 Å². The van der Waals surface area contributed by atoms with Crippen molar-refractivity contribution in [3.63, 3.8) is 0 Å². The molecule has 0 fully saturated rings. The van der Waals surface area contributed by atoms with E-state index in [-0.39, 0.29) is 11.6 Å². The molecule has 1 unspecified atom stereocenters. The smallest absolute Gasteiger partial charge is 0.120 e. The number of nitrogens with one attached hydrogen (secondary N) is 1. The van der Waals surface area contributed by atoms with E-state index in [1.807, 2.05) is 0 Å². The average molecular weight is 263 g/mol. The Bertz CT molecular complexity index is 404. The molecule has 0 saturated heterocycles. The second-order valence-corrected chi connectivity index (χ2v) is 6.78. The molecule has 0 radical (unpaired) electrons. The molecule has 19 heavy (non-hydrogen) atoms. The van der Waals surface area contributed by atoms with Gasteiger partial charge in [-0.2, -0.15) is 0 Å². The van der Waals surface area contributed by atoms with Crippen LogP contribution in [-0.2, 0) is 0 Å². The van der Waals surface area contributed by atoms with Crippen LogP contribution in [0.15, 0.2) is 18.2 Å². The Balaban J connectivity index is 2.70. The van der Waals surface area contributed by atoms with Crippen molar-refractivity contribution in [1.29, 1.82) is 0 Å². The van der Waals surface area contributed by atoms with Crippen LogP contribution in [-0.4, -0.2) is 18.2 Å². The summed E-state index contributed by atoms with van der Waals surface area (Å²) in [7, 11) is 0. The molecule has 0 heterocycles. The molecule has 0 aromatic heterocycles. The van der Waals surface area contributed by atoms with Crippen LogP contribution in [0.1, 0.15) is 45.7 Å². The molecule has 2 nitrogen and oxygen atoms in total. The first-order valence-electron chi connectivity index (χ1n) is 7.18. The molecule has 0 amide bonds. The molecule has 1 aromatic rings. The van der Waals surface area contributed by atoms with E-state index in [4.69, 9.17) is 4.74 Å². The third-order valence-electron chi connectivity index (χ3n) is 3.34. The van der Waals surface area contributed by atoms with Crippen LogP contribution in [0.4, 0.5) is 0 Å². The Kier molecular flexibility index (Phi) is 5.42. The highest BCUT2D eigenvalue weighted by Crippen LogP contribution is 2.20. The summed E-state index contributed by atoms with van der Waals surface area (Å²) >= 11 is 0. The number of hydrogen-bond donors (Lipinski definition) is 1. The van der Waals surface area contributed by atoms with Gasteiger partial charge in [-0.05, 0) is 63.8 Å². The minimum absolute atomic E-state index is 0.125. The van der Waals surface area contributed by atoms with Gasteiger partial charge in [0.2, 0.25) is 0 Å². The molecule has 1 atom stereocenters. The van der Waals surface area contributed by atoms with Crippen LogP contribution in [0.2, 0.25) is 0 Å². The highest BCUT2D eigenvalue weighted by molar-refractivity contribution is 5.33. The van der Waals surface area contributed by atoms with Crippen molar-refractivity contribution in [2.24, 2.45) is 5.92 Å². The molecule has 0 saturated carbocycles. The van der Waals surface area contributed by atoms with Gasteiger partial charge in [-0.15, -0.1) is 0 Å². The largest absolute Gasteiger partial charge is 0.489 e. The molecule has 0 bridgehead atoms. The van der Waals surface area contributed by atoms with Crippen molar-refractivity contribution in [2.75, 3.05) is 6.54 Å². The summed E-state index contributed by atoms with van der Waals surface area (Å²) in [5, 5.41) is 3.52. The van der Waals surface area contributed by atoms with Gasteiger partial charge in [0.15, 0.2) is 0 Å². The number of ether oxygens (including phenoxy) is 1. The summed E-state index contributed by atoms with van der Waals surface area (Å²) in [6.45, 7) is 16.1. The third-order valence-corrected chi connectivity index (χ3v) is 3.34. The zero-order valence-electron chi connectivity index (χ0n) is 13.5. The van der Waals surface area contributed by atoms with E-state index >= 15 is 0 Å². The lowest BCUT2D eigenvalue weighted by atomic mass is 10.0. The lowest BCUT2D eigenvalue weighted by Gasteiger charge is -2.28. The molecule has 0 spiro atoms. The van der Waals surface area contributed by atoms with Crippen molar-refractivity contribution < 1.29 is 4.74 Å². The maximum atomic E-state index is 6.14. The first-order valence-corrected chi connectivity index (χ1v) is 7.18. The van der Waals surface area contributed by atoms with E-state index in [2.05, 4.69) is 72.0 Å². The van der Waals surface area contributed by atoms with Crippen molar-refractivity contribution in [2.45, 2.75) is 60.1 Å². The van der Waals surface area contributed by atoms with Gasteiger partial charge in [-0.25, -0.2) is 0 Å². The predicted molar refractivity (Wildman–Crippen MR) is 82.9 cm³/mol. The first-order chi connectivity index (χ1) is 8.69. The van der Waals surface area contributed by atoms with Gasteiger partial charge >= 0.3 is 0 Å². The average Bonchev–Trinajstić information content (AvgIpc) is 2.27. The molecule has 0 aliphatic carbocycles. The van der Waals surface area contributed by atoms with E-state index in [0.717, 1.165) is 12.3 Å². The molecule has 1 aromatic carbocycles. The molecule has 0 aliphatic heterocycles. The maximum absolute atomic E-state index is 6.14. The minimum Gasteiger partial charge on any atom is -0.489 e. The van der Waals surface area contributed by atoms with Crippen molar-refractivity contribution >= 4 is 0 Å². The van der Waals surface area contributed by atoms with E-state index < -0.39 is 0 Å². The molecule has 0 aliphatic rings. The Hall–Kier alpha value is -1.02. The topological polar surface area (TPSA) is 21.3 Å². The Labute approximate surface area is 118 Å². The van der Waals surface area contributed by atoms with E-state index in [1.54, 1.807) is 0 Å². The molecule has 2 heteroatoms. The van der Waals surface area contributed by atoms with Crippen LogP contribution in [0, 0.1) is 19.8 Å². The molecule has 1 N–H and O–H groups in total. The van der Waals surface area contributed by atoms with Crippen LogP contribution < -0.4 is 10.1 Å². The predicted octanol–water partition coefficient (Wildman–Crippen LogP) is 4.09. The van der Waals surface area contributed by atoms with E-state index in [9.17, 15) is 0 Å². The highest BCUT2D eigenvalue weighted by Gasteiger charge is 2.18. The lowest BCUT2D eigenvalue weighted by molar-refractivity contribution is 0.139. The Morgan fingerprint density at radius 2 is 1.74 bits per heavy atom. The Morgan fingerprint density at radius 1 is 1.11 bits per heavy atom. The summed E-state index contributed by atoms with van der Waals surface area (Å²) < 4.78 is 6.14. The fourth-order valence-electron chi connectivity index (χ4n) is 1.78. The fraction of sp³-hybridized carbons (Fsp3) is 0.647. The SMILES string of the molecule is Cc1ccc(OC(CNC(C)(C)C)C(C)C)cc1C. The van der Waals surface area contributed by atoms with Gasteiger partial charge in [0, 0.05) is 12.1 Å². The van der Waals surface area contributed by atoms with Crippen molar-refractivity contribution in [1.82, 2.24) is 5.32 Å². The van der Waals surface area contributed by atoms with E-state index in [1.165, 1.54) is 11.1 Å². The number of aryl methyl sites for hydroxylation is 2. The minimum atomic E-state index is 0.125. The summed E-state index contributed by atoms with van der Waals surface area (Å²) in [6.07, 6.45) is 0.196. The summed E-state index contributed by atoms with van der Waals surface area (Å²) in [5.41, 5.74) is 2.71. The summed E-state index contributed by atoms with van der Waals surface area (Å²) in [4.78, 5) is 0.